The molecule has 6 nitrogen and oxygen atoms in total. The fourth-order valence-electron chi connectivity index (χ4n) is 2.78. The highest BCUT2D eigenvalue weighted by molar-refractivity contribution is 5.67. The minimum atomic E-state index is -0.985. The number of amides is 2. The van der Waals surface area contributed by atoms with E-state index < -0.39 is 12.2 Å². The first-order chi connectivity index (χ1) is 10.6. The summed E-state index contributed by atoms with van der Waals surface area (Å²) in [5, 5.41) is 14.0. The molecule has 0 saturated heterocycles. The van der Waals surface area contributed by atoms with Gasteiger partial charge in [0.25, 0.3) is 0 Å². The molecule has 0 heterocycles. The fraction of sp³-hybridized carbons (Fsp3) is 0.500. The zero-order valence-corrected chi connectivity index (χ0v) is 12.5. The Balaban J connectivity index is 1.66. The molecule has 0 aromatic heterocycles. The van der Waals surface area contributed by atoms with Gasteiger partial charge in [-0.05, 0) is 30.7 Å². The van der Waals surface area contributed by atoms with Crippen LogP contribution in [0.25, 0.3) is 0 Å². The third-order valence-electron chi connectivity index (χ3n) is 3.86. The van der Waals surface area contributed by atoms with Crippen molar-refractivity contribution in [3.8, 4) is 0 Å². The van der Waals surface area contributed by atoms with Crippen LogP contribution < -0.4 is 10.6 Å². The molecule has 1 saturated carbocycles. The van der Waals surface area contributed by atoms with E-state index in [1.807, 2.05) is 30.3 Å². The van der Waals surface area contributed by atoms with Gasteiger partial charge in [-0.25, -0.2) is 9.59 Å². The molecule has 2 atom stereocenters. The van der Waals surface area contributed by atoms with E-state index in [1.54, 1.807) is 0 Å². The topological polar surface area (TPSA) is 87.7 Å². The van der Waals surface area contributed by atoms with E-state index in [-0.39, 0.29) is 18.6 Å². The van der Waals surface area contributed by atoms with Gasteiger partial charge in [0.15, 0.2) is 0 Å². The van der Waals surface area contributed by atoms with Crippen molar-refractivity contribution < 1.29 is 19.4 Å². The van der Waals surface area contributed by atoms with E-state index in [4.69, 9.17) is 9.84 Å². The van der Waals surface area contributed by atoms with E-state index in [0.29, 0.717) is 6.54 Å². The molecule has 22 heavy (non-hydrogen) atoms. The molecule has 1 aromatic rings. The molecule has 120 valence electrons. The Morgan fingerprint density at radius 2 is 2.00 bits per heavy atom. The fourth-order valence-corrected chi connectivity index (χ4v) is 2.78. The smallest absolute Gasteiger partial charge is 0.407 e. The lowest BCUT2D eigenvalue weighted by Gasteiger charge is -2.28. The molecule has 6 heteroatoms. The number of hydrogen-bond donors (Lipinski definition) is 3. The summed E-state index contributed by atoms with van der Waals surface area (Å²) in [4.78, 5) is 22.3. The van der Waals surface area contributed by atoms with Crippen molar-refractivity contribution >= 4 is 12.2 Å². The Kier molecular flexibility index (Phi) is 6.06. The van der Waals surface area contributed by atoms with Gasteiger partial charge in [-0.3, -0.25) is 0 Å². The molecule has 1 fully saturated rings. The lowest BCUT2D eigenvalue weighted by Crippen LogP contribution is -2.40. The summed E-state index contributed by atoms with van der Waals surface area (Å²) >= 11 is 0. The molecule has 2 unspecified atom stereocenters. The summed E-state index contributed by atoms with van der Waals surface area (Å²) in [5.41, 5.74) is 0.945. The molecular weight excluding hydrogens is 284 g/mol. The van der Waals surface area contributed by atoms with E-state index in [9.17, 15) is 9.59 Å². The first-order valence-electron chi connectivity index (χ1n) is 7.57. The van der Waals surface area contributed by atoms with Crippen molar-refractivity contribution in [1.82, 2.24) is 10.6 Å². The van der Waals surface area contributed by atoms with Crippen molar-refractivity contribution in [2.24, 2.45) is 5.92 Å². The van der Waals surface area contributed by atoms with Crippen LogP contribution in [0.5, 0.6) is 0 Å². The van der Waals surface area contributed by atoms with Crippen LogP contribution in [0.4, 0.5) is 9.59 Å². The van der Waals surface area contributed by atoms with Crippen molar-refractivity contribution in [1.29, 1.82) is 0 Å². The Morgan fingerprint density at radius 1 is 1.23 bits per heavy atom. The van der Waals surface area contributed by atoms with Crippen LogP contribution in [0.3, 0.4) is 0 Å². The highest BCUT2D eigenvalue weighted by Crippen LogP contribution is 2.23. The van der Waals surface area contributed by atoms with Crippen LogP contribution in [-0.2, 0) is 11.3 Å². The summed E-state index contributed by atoms with van der Waals surface area (Å²) in [6.07, 6.45) is 2.16. The Morgan fingerprint density at radius 3 is 2.73 bits per heavy atom. The molecule has 0 bridgehead atoms. The molecule has 1 aromatic carbocycles. The average Bonchev–Trinajstić information content (AvgIpc) is 2.52. The number of alkyl carbamates (subject to hydrolysis) is 1. The zero-order chi connectivity index (χ0) is 15.8. The van der Waals surface area contributed by atoms with Gasteiger partial charge < -0.3 is 20.5 Å². The van der Waals surface area contributed by atoms with Gasteiger partial charge in [0.2, 0.25) is 0 Å². The van der Waals surface area contributed by atoms with Crippen LogP contribution in [0.15, 0.2) is 30.3 Å². The predicted molar refractivity (Wildman–Crippen MR) is 81.5 cm³/mol. The van der Waals surface area contributed by atoms with Crippen LogP contribution >= 0.6 is 0 Å². The maximum absolute atomic E-state index is 11.7. The van der Waals surface area contributed by atoms with Gasteiger partial charge >= 0.3 is 12.2 Å². The first-order valence-corrected chi connectivity index (χ1v) is 7.57. The van der Waals surface area contributed by atoms with E-state index in [2.05, 4.69) is 10.6 Å². The molecule has 3 N–H and O–H groups in total. The number of ether oxygens (including phenoxy) is 1. The number of carbonyl (C=O) groups is 2. The summed E-state index contributed by atoms with van der Waals surface area (Å²) in [6, 6.07) is 9.49. The van der Waals surface area contributed by atoms with Gasteiger partial charge in [0, 0.05) is 12.6 Å². The Labute approximate surface area is 129 Å². The number of hydrogen-bond acceptors (Lipinski definition) is 3. The van der Waals surface area contributed by atoms with Gasteiger partial charge in [0.05, 0.1) is 0 Å². The summed E-state index contributed by atoms with van der Waals surface area (Å²) < 4.78 is 5.15. The van der Waals surface area contributed by atoms with Gasteiger partial charge in [-0.2, -0.15) is 0 Å². The highest BCUT2D eigenvalue weighted by Gasteiger charge is 2.23. The van der Waals surface area contributed by atoms with E-state index in [1.165, 1.54) is 0 Å². The molecule has 2 rings (SSSR count). The van der Waals surface area contributed by atoms with Crippen LogP contribution in [0.2, 0.25) is 0 Å². The minimum absolute atomic E-state index is 0.0154. The van der Waals surface area contributed by atoms with Crippen molar-refractivity contribution in [3.05, 3.63) is 35.9 Å². The van der Waals surface area contributed by atoms with E-state index in [0.717, 1.165) is 31.2 Å². The molecular formula is C16H22N2O4. The lowest BCUT2D eigenvalue weighted by molar-refractivity contribution is 0.135. The number of rotatable bonds is 5. The molecule has 0 aliphatic heterocycles. The molecule has 0 radical (unpaired) electrons. The van der Waals surface area contributed by atoms with Gasteiger partial charge in [-0.1, -0.05) is 36.8 Å². The monoisotopic (exact) mass is 306 g/mol. The molecule has 0 spiro atoms. The first kappa shape index (κ1) is 16.1. The van der Waals surface area contributed by atoms with Crippen molar-refractivity contribution in [2.45, 2.75) is 38.3 Å². The van der Waals surface area contributed by atoms with Crippen molar-refractivity contribution in [3.63, 3.8) is 0 Å². The molecule has 1 aliphatic rings. The zero-order valence-electron chi connectivity index (χ0n) is 12.5. The minimum Gasteiger partial charge on any atom is -0.465 e. The number of nitrogens with one attached hydrogen (secondary N) is 2. The number of carbonyl (C=O) groups excluding carboxylic acids is 1. The Hall–Kier alpha value is -2.24. The van der Waals surface area contributed by atoms with E-state index >= 15 is 0 Å². The Bertz CT molecular complexity index is 492. The summed E-state index contributed by atoms with van der Waals surface area (Å²) in [7, 11) is 0. The third kappa shape index (κ3) is 5.63. The maximum atomic E-state index is 11.7. The quantitative estimate of drug-likeness (QED) is 0.780. The SMILES string of the molecule is O=C(O)NC1CCCC(CNC(=O)OCc2ccccc2)C1. The second-order valence-corrected chi connectivity index (χ2v) is 5.62. The molecule has 2 amide bonds. The predicted octanol–water partition coefficient (Wildman–Crippen LogP) is 2.74. The number of benzene rings is 1. The second kappa shape index (κ2) is 8.26. The maximum Gasteiger partial charge on any atom is 0.407 e. The third-order valence-corrected chi connectivity index (χ3v) is 3.86. The summed E-state index contributed by atoms with van der Waals surface area (Å²) in [6.45, 7) is 0.770. The average molecular weight is 306 g/mol. The number of carboxylic acid groups (broad SMARTS) is 1. The normalized spacial score (nSPS) is 20.9. The van der Waals surface area contributed by atoms with Gasteiger partial charge in [0.1, 0.15) is 6.61 Å². The molecule has 1 aliphatic carbocycles. The van der Waals surface area contributed by atoms with Crippen LogP contribution in [0, 0.1) is 5.92 Å². The standard InChI is InChI=1S/C16H22N2O4/c19-15(20)18-14-8-4-7-13(9-14)10-17-16(21)22-11-12-5-2-1-3-6-12/h1-3,5-6,13-14,18H,4,7-11H2,(H,17,21)(H,19,20). The highest BCUT2D eigenvalue weighted by atomic mass is 16.5. The van der Waals surface area contributed by atoms with Crippen LogP contribution in [0.1, 0.15) is 31.2 Å². The van der Waals surface area contributed by atoms with Crippen molar-refractivity contribution in [2.75, 3.05) is 6.54 Å². The second-order valence-electron chi connectivity index (χ2n) is 5.62. The van der Waals surface area contributed by atoms with Gasteiger partial charge in [-0.15, -0.1) is 0 Å². The summed E-state index contributed by atoms with van der Waals surface area (Å²) in [5.74, 6) is 0.287. The van der Waals surface area contributed by atoms with Crippen LogP contribution in [-0.4, -0.2) is 29.9 Å². The lowest BCUT2D eigenvalue weighted by atomic mass is 9.86. The largest absolute Gasteiger partial charge is 0.465 e.